The molecule has 3 aromatic rings. The Bertz CT molecular complexity index is 1320. The molecule has 1 aromatic heterocycles. The Morgan fingerprint density at radius 2 is 1.79 bits per heavy atom. The molecule has 39 heavy (non-hydrogen) atoms. The molecule has 3 heterocycles. The van der Waals surface area contributed by atoms with Crippen molar-refractivity contribution in [1.82, 2.24) is 15.1 Å². The standard InChI is InChI=1S/C26H26ClF4N5O2.ClH/c27-17-3-6-20(16-1-4-18(5-2-16)34-9-7-32-8-10-34)22(11-17)35-14-19(12-26(30,31)15-35)36-23(24(28)29)21(13-33-36)25(37)38;/h1-6,11,13,19,24,32H,7-10,12,14-15H2,(H,37,38);1H. The first kappa shape index (κ1) is 29.0. The van der Waals surface area contributed by atoms with Crippen LogP contribution < -0.4 is 15.1 Å². The number of hydrogen-bond acceptors (Lipinski definition) is 5. The molecule has 2 N–H and O–H groups in total. The molecule has 0 saturated carbocycles. The maximum absolute atomic E-state index is 15.0. The van der Waals surface area contributed by atoms with Crippen LogP contribution in [0.4, 0.5) is 28.9 Å². The lowest BCUT2D eigenvalue weighted by atomic mass is 9.97. The molecule has 5 rings (SSSR count). The van der Waals surface area contributed by atoms with Crippen molar-refractivity contribution in [2.75, 3.05) is 49.1 Å². The molecule has 2 aliphatic rings. The van der Waals surface area contributed by atoms with Crippen LogP contribution in [-0.4, -0.2) is 66.0 Å². The van der Waals surface area contributed by atoms with E-state index >= 15 is 8.78 Å². The highest BCUT2D eigenvalue weighted by atomic mass is 35.5. The summed E-state index contributed by atoms with van der Waals surface area (Å²) in [6, 6.07) is 11.6. The van der Waals surface area contributed by atoms with Crippen LogP contribution in [0.25, 0.3) is 11.1 Å². The van der Waals surface area contributed by atoms with Gasteiger partial charge in [0.1, 0.15) is 11.3 Å². The van der Waals surface area contributed by atoms with Gasteiger partial charge >= 0.3 is 5.97 Å². The molecule has 2 fully saturated rings. The average molecular weight is 588 g/mol. The fourth-order valence-electron chi connectivity index (χ4n) is 5.25. The van der Waals surface area contributed by atoms with Gasteiger partial charge in [0, 0.05) is 61.1 Å². The molecule has 210 valence electrons. The minimum Gasteiger partial charge on any atom is -0.478 e. The lowest BCUT2D eigenvalue weighted by Gasteiger charge is -2.40. The summed E-state index contributed by atoms with van der Waals surface area (Å²) in [5.41, 5.74) is 1.37. The van der Waals surface area contributed by atoms with Crippen LogP contribution in [0.15, 0.2) is 48.7 Å². The number of aromatic carboxylic acids is 1. The van der Waals surface area contributed by atoms with Crippen LogP contribution in [0.5, 0.6) is 0 Å². The van der Waals surface area contributed by atoms with Gasteiger partial charge in [0.25, 0.3) is 12.3 Å². The molecular weight excluding hydrogens is 561 g/mol. The number of carbonyl (C=O) groups is 1. The summed E-state index contributed by atoms with van der Waals surface area (Å²) in [6.07, 6.45) is -3.16. The van der Waals surface area contributed by atoms with Crippen LogP contribution in [0, 0.1) is 0 Å². The Kier molecular flexibility index (Phi) is 8.63. The zero-order chi connectivity index (χ0) is 27.0. The molecule has 1 atom stereocenters. The number of hydrogen-bond donors (Lipinski definition) is 2. The molecule has 0 amide bonds. The van der Waals surface area contributed by atoms with Crippen molar-refractivity contribution in [3.63, 3.8) is 0 Å². The van der Waals surface area contributed by atoms with E-state index in [-0.39, 0.29) is 19.0 Å². The average Bonchev–Trinajstić information content (AvgIpc) is 3.35. The van der Waals surface area contributed by atoms with E-state index in [1.807, 2.05) is 24.3 Å². The highest BCUT2D eigenvalue weighted by Gasteiger charge is 2.43. The van der Waals surface area contributed by atoms with Gasteiger partial charge in [-0.05, 0) is 29.8 Å². The van der Waals surface area contributed by atoms with Crippen LogP contribution in [0.1, 0.15) is 34.9 Å². The van der Waals surface area contributed by atoms with E-state index in [0.29, 0.717) is 16.3 Å². The van der Waals surface area contributed by atoms with Gasteiger partial charge in [-0.25, -0.2) is 22.4 Å². The molecular formula is C26H27Cl2F4N5O2. The topological polar surface area (TPSA) is 73.6 Å². The van der Waals surface area contributed by atoms with Gasteiger partial charge < -0.3 is 20.2 Å². The smallest absolute Gasteiger partial charge is 0.339 e. The third kappa shape index (κ3) is 6.10. The minimum atomic E-state index is -3.25. The lowest BCUT2D eigenvalue weighted by molar-refractivity contribution is -0.0298. The predicted molar refractivity (Wildman–Crippen MR) is 144 cm³/mol. The number of halogens is 6. The van der Waals surface area contributed by atoms with Gasteiger partial charge in [0.15, 0.2) is 0 Å². The summed E-state index contributed by atoms with van der Waals surface area (Å²) in [5.74, 6) is -4.84. The second kappa shape index (κ2) is 11.6. The van der Waals surface area contributed by atoms with E-state index in [4.69, 9.17) is 11.6 Å². The van der Waals surface area contributed by atoms with Crippen LogP contribution in [0.2, 0.25) is 5.02 Å². The summed E-state index contributed by atoms with van der Waals surface area (Å²) in [5, 5.41) is 16.7. The maximum atomic E-state index is 15.0. The number of rotatable bonds is 6. The Hall–Kier alpha value is -3.02. The largest absolute Gasteiger partial charge is 0.478 e. The van der Waals surface area contributed by atoms with Crippen LogP contribution in [0.3, 0.4) is 0 Å². The minimum absolute atomic E-state index is 0. The van der Waals surface area contributed by atoms with E-state index in [9.17, 15) is 18.7 Å². The maximum Gasteiger partial charge on any atom is 0.339 e. The summed E-state index contributed by atoms with van der Waals surface area (Å²) < 4.78 is 58.4. The predicted octanol–water partition coefficient (Wildman–Crippen LogP) is 5.76. The van der Waals surface area contributed by atoms with Crippen molar-refractivity contribution in [2.45, 2.75) is 24.8 Å². The first-order valence-corrected chi connectivity index (χ1v) is 12.6. The molecule has 2 aromatic carbocycles. The molecule has 0 aliphatic carbocycles. The third-order valence-corrected chi connectivity index (χ3v) is 7.20. The second-order valence-electron chi connectivity index (χ2n) is 9.53. The number of piperidine rings is 1. The van der Waals surface area contributed by atoms with Crippen molar-refractivity contribution in [1.29, 1.82) is 0 Å². The molecule has 0 radical (unpaired) electrons. The van der Waals surface area contributed by atoms with Gasteiger partial charge in [0.2, 0.25) is 0 Å². The van der Waals surface area contributed by atoms with Gasteiger partial charge in [-0.2, -0.15) is 5.10 Å². The first-order chi connectivity index (χ1) is 18.1. The van der Waals surface area contributed by atoms with Crippen molar-refractivity contribution in [2.24, 2.45) is 0 Å². The zero-order valence-corrected chi connectivity index (χ0v) is 22.2. The Morgan fingerprint density at radius 1 is 1.10 bits per heavy atom. The molecule has 0 bridgehead atoms. The molecule has 7 nitrogen and oxygen atoms in total. The Morgan fingerprint density at radius 3 is 2.44 bits per heavy atom. The van der Waals surface area contributed by atoms with E-state index in [0.717, 1.165) is 48.3 Å². The number of benzene rings is 2. The number of piperazine rings is 1. The first-order valence-electron chi connectivity index (χ1n) is 12.2. The van der Waals surface area contributed by atoms with E-state index in [1.165, 1.54) is 4.90 Å². The van der Waals surface area contributed by atoms with E-state index in [1.54, 1.807) is 18.2 Å². The number of alkyl halides is 4. The second-order valence-corrected chi connectivity index (χ2v) is 9.97. The van der Waals surface area contributed by atoms with E-state index < -0.39 is 48.6 Å². The molecule has 2 saturated heterocycles. The highest BCUT2D eigenvalue weighted by Crippen LogP contribution is 2.41. The van der Waals surface area contributed by atoms with Gasteiger partial charge in [0.05, 0.1) is 18.8 Å². The van der Waals surface area contributed by atoms with Crippen molar-refractivity contribution in [3.05, 3.63) is 64.9 Å². The van der Waals surface area contributed by atoms with E-state index in [2.05, 4.69) is 15.3 Å². The normalized spacial score (nSPS) is 19.2. The fraction of sp³-hybridized carbons (Fsp3) is 0.385. The number of carboxylic acids is 1. The van der Waals surface area contributed by atoms with Gasteiger partial charge in [-0.3, -0.25) is 4.68 Å². The molecule has 13 heteroatoms. The van der Waals surface area contributed by atoms with Crippen LogP contribution in [-0.2, 0) is 0 Å². The van der Waals surface area contributed by atoms with Gasteiger partial charge in [-0.1, -0.05) is 29.8 Å². The number of anilines is 2. The van der Waals surface area contributed by atoms with Crippen molar-refractivity contribution < 1.29 is 27.5 Å². The SMILES string of the molecule is Cl.O=C(O)c1cnn(C2CN(c3cc(Cl)ccc3-c3ccc(N4CCNCC4)cc3)CC(F)(F)C2)c1C(F)F. The lowest BCUT2D eigenvalue weighted by Crippen LogP contribution is -2.48. The van der Waals surface area contributed by atoms with Crippen molar-refractivity contribution in [3.8, 4) is 11.1 Å². The molecule has 1 unspecified atom stereocenters. The Labute approximate surface area is 233 Å². The molecule has 0 spiro atoms. The summed E-state index contributed by atoms with van der Waals surface area (Å²) in [7, 11) is 0. The van der Waals surface area contributed by atoms with Crippen LogP contribution >= 0.6 is 24.0 Å². The summed E-state index contributed by atoms with van der Waals surface area (Å²) in [6.45, 7) is 2.83. The number of nitrogens with zero attached hydrogens (tertiary/aromatic N) is 4. The number of nitrogens with one attached hydrogen (secondary N) is 1. The third-order valence-electron chi connectivity index (χ3n) is 6.97. The molecule has 2 aliphatic heterocycles. The monoisotopic (exact) mass is 587 g/mol. The number of aromatic nitrogens is 2. The fourth-order valence-corrected chi connectivity index (χ4v) is 5.42. The summed E-state index contributed by atoms with van der Waals surface area (Å²) in [4.78, 5) is 15.1. The number of carboxylic acid groups (broad SMARTS) is 1. The van der Waals surface area contributed by atoms with Gasteiger partial charge in [-0.15, -0.1) is 12.4 Å². The van der Waals surface area contributed by atoms with Crippen molar-refractivity contribution >= 4 is 41.4 Å². The zero-order valence-electron chi connectivity index (χ0n) is 20.7. The quantitative estimate of drug-likeness (QED) is 0.357. The highest BCUT2D eigenvalue weighted by molar-refractivity contribution is 6.31. The summed E-state index contributed by atoms with van der Waals surface area (Å²) >= 11 is 6.27. The Balaban J connectivity index is 0.00000353.